The van der Waals surface area contributed by atoms with Crippen molar-refractivity contribution in [2.45, 2.75) is 33.1 Å². The normalized spacial score (nSPS) is 14.4. The van der Waals surface area contributed by atoms with E-state index in [1.807, 2.05) is 49.1 Å². The Morgan fingerprint density at radius 3 is 2.48 bits per heavy atom. The number of hydrogen-bond donors (Lipinski definition) is 0. The molecule has 1 fully saturated rings. The molecule has 4 rings (SSSR count). The summed E-state index contributed by atoms with van der Waals surface area (Å²) in [6, 6.07) is 9.74. The van der Waals surface area contributed by atoms with Gasteiger partial charge in [0.1, 0.15) is 11.3 Å². The maximum atomic E-state index is 12.8. The van der Waals surface area contributed by atoms with Crippen molar-refractivity contribution in [3.63, 3.8) is 0 Å². The molecule has 6 nitrogen and oxygen atoms in total. The van der Waals surface area contributed by atoms with Gasteiger partial charge in [-0.05, 0) is 62.4 Å². The van der Waals surface area contributed by atoms with E-state index in [0.29, 0.717) is 23.9 Å². The summed E-state index contributed by atoms with van der Waals surface area (Å²) in [6.07, 6.45) is 6.79. The van der Waals surface area contributed by atoms with Crippen molar-refractivity contribution in [2.24, 2.45) is 0 Å². The Hall–Kier alpha value is -3.41. The summed E-state index contributed by atoms with van der Waals surface area (Å²) in [5.41, 5.74) is 4.37. The molecule has 1 aliphatic rings. The molecule has 0 atom stereocenters. The number of carbonyl (C=O) groups is 1. The van der Waals surface area contributed by atoms with Crippen LogP contribution in [0.4, 0.5) is 0 Å². The second-order valence-electron chi connectivity index (χ2n) is 8.21. The molecule has 2 heterocycles. The fourth-order valence-electron chi connectivity index (χ4n) is 4.33. The predicted octanol–water partition coefficient (Wildman–Crippen LogP) is 5.93. The van der Waals surface area contributed by atoms with E-state index in [2.05, 4.69) is 0 Å². The molecule has 0 N–H and O–H groups in total. The van der Waals surface area contributed by atoms with Gasteiger partial charge in [-0.15, -0.1) is 0 Å². The quantitative estimate of drug-likeness (QED) is 0.418. The van der Waals surface area contributed by atoms with Crippen LogP contribution in [0.2, 0.25) is 0 Å². The van der Waals surface area contributed by atoms with Crippen LogP contribution in [0.1, 0.15) is 38.7 Å². The van der Waals surface area contributed by atoms with Gasteiger partial charge >= 0.3 is 0 Å². The van der Waals surface area contributed by atoms with Crippen LogP contribution in [0.15, 0.2) is 47.1 Å². The molecule has 1 amide bonds. The second kappa shape index (κ2) is 10.0. The summed E-state index contributed by atoms with van der Waals surface area (Å²) in [7, 11) is 3.24. The number of amides is 1. The van der Waals surface area contributed by atoms with Crippen molar-refractivity contribution in [3.05, 3.63) is 48.2 Å². The van der Waals surface area contributed by atoms with E-state index in [1.165, 1.54) is 6.42 Å². The van der Waals surface area contributed by atoms with E-state index in [1.54, 1.807) is 26.6 Å². The maximum absolute atomic E-state index is 12.8. The molecule has 0 unspecified atom stereocenters. The minimum absolute atomic E-state index is 0.0575. The average molecular weight is 450 g/mol. The van der Waals surface area contributed by atoms with Gasteiger partial charge in [0.05, 0.1) is 27.1 Å². The van der Waals surface area contributed by atoms with Gasteiger partial charge in [-0.2, -0.15) is 0 Å². The summed E-state index contributed by atoms with van der Waals surface area (Å²) >= 11 is 0. The third-order valence-electron chi connectivity index (χ3n) is 6.10. The Morgan fingerprint density at radius 1 is 1.03 bits per heavy atom. The third kappa shape index (κ3) is 4.70. The monoisotopic (exact) mass is 449 g/mol. The molecular formula is C27H31NO5. The predicted molar refractivity (Wildman–Crippen MR) is 130 cm³/mol. The van der Waals surface area contributed by atoms with Crippen molar-refractivity contribution in [1.82, 2.24) is 4.90 Å². The molecule has 0 saturated carbocycles. The Balaban J connectivity index is 1.77. The summed E-state index contributed by atoms with van der Waals surface area (Å²) in [4.78, 5) is 14.8. The van der Waals surface area contributed by atoms with E-state index in [0.717, 1.165) is 59.2 Å². The summed E-state index contributed by atoms with van der Waals surface area (Å²) < 4.78 is 22.6. The standard InChI is InChI=1S/C27H31NO5/c1-5-32-24-16-25-21(15-20(24)18(2)13-27(29)28-11-7-6-8-12-28)22(17-33-25)19-9-10-23(30-3)26(14-19)31-4/h9-10,13-17H,5-8,11-12H2,1-4H3/b18-13+. The zero-order chi connectivity index (χ0) is 23.4. The Labute approximate surface area is 194 Å². The van der Waals surface area contributed by atoms with Crippen molar-refractivity contribution >= 4 is 22.4 Å². The highest BCUT2D eigenvalue weighted by molar-refractivity contribution is 6.00. The molecule has 2 aromatic carbocycles. The third-order valence-corrected chi connectivity index (χ3v) is 6.10. The number of allylic oxidation sites excluding steroid dienone is 1. The molecule has 1 aliphatic heterocycles. The number of likely N-dealkylation sites (tertiary alicyclic amines) is 1. The molecule has 6 heteroatoms. The highest BCUT2D eigenvalue weighted by Gasteiger charge is 2.18. The average Bonchev–Trinajstić information content (AvgIpc) is 3.26. The zero-order valence-corrected chi connectivity index (χ0v) is 19.8. The molecule has 1 saturated heterocycles. The van der Waals surface area contributed by atoms with Crippen molar-refractivity contribution in [3.8, 4) is 28.4 Å². The number of hydrogen-bond acceptors (Lipinski definition) is 5. The Kier molecular flexibility index (Phi) is 6.92. The van der Waals surface area contributed by atoms with Gasteiger partial charge in [0.2, 0.25) is 5.91 Å². The number of fused-ring (bicyclic) bond motifs is 1. The molecule has 3 aromatic rings. The van der Waals surface area contributed by atoms with Crippen molar-refractivity contribution < 1.29 is 23.4 Å². The number of methoxy groups -OCH3 is 2. The first-order valence-electron chi connectivity index (χ1n) is 11.4. The first kappa shape index (κ1) is 22.8. The molecule has 0 radical (unpaired) electrons. The summed E-state index contributed by atoms with van der Waals surface area (Å²) in [5.74, 6) is 2.09. The van der Waals surface area contributed by atoms with Crippen LogP contribution in [0.3, 0.4) is 0 Å². The van der Waals surface area contributed by atoms with E-state index < -0.39 is 0 Å². The van der Waals surface area contributed by atoms with Gasteiger partial charge in [-0.3, -0.25) is 4.79 Å². The highest BCUT2D eigenvalue weighted by Crippen LogP contribution is 2.40. The van der Waals surface area contributed by atoms with Gasteiger partial charge in [-0.25, -0.2) is 0 Å². The van der Waals surface area contributed by atoms with Gasteiger partial charge in [0.15, 0.2) is 11.5 Å². The van der Waals surface area contributed by atoms with Gasteiger partial charge < -0.3 is 23.5 Å². The highest BCUT2D eigenvalue weighted by atomic mass is 16.5. The molecule has 174 valence electrons. The molecule has 0 spiro atoms. The molecule has 0 aliphatic carbocycles. The van der Waals surface area contributed by atoms with Crippen LogP contribution >= 0.6 is 0 Å². The number of ether oxygens (including phenoxy) is 3. The number of piperidine rings is 1. The molecule has 33 heavy (non-hydrogen) atoms. The van der Waals surface area contributed by atoms with E-state index in [9.17, 15) is 4.79 Å². The number of carbonyl (C=O) groups excluding carboxylic acids is 1. The number of rotatable bonds is 7. The summed E-state index contributed by atoms with van der Waals surface area (Å²) in [6.45, 7) is 6.08. The number of benzene rings is 2. The van der Waals surface area contributed by atoms with Crippen LogP contribution in [0.5, 0.6) is 17.2 Å². The largest absolute Gasteiger partial charge is 0.493 e. The lowest BCUT2D eigenvalue weighted by molar-refractivity contribution is -0.126. The van der Waals surface area contributed by atoms with E-state index in [-0.39, 0.29) is 5.91 Å². The SMILES string of the molecule is CCOc1cc2occ(-c3ccc(OC)c(OC)c3)c2cc1/C(C)=C/C(=O)N1CCCCC1. The lowest BCUT2D eigenvalue weighted by Gasteiger charge is -2.25. The minimum Gasteiger partial charge on any atom is -0.493 e. The molecular weight excluding hydrogens is 418 g/mol. The fraction of sp³-hybridized carbons (Fsp3) is 0.370. The lowest BCUT2D eigenvalue weighted by Crippen LogP contribution is -2.34. The topological polar surface area (TPSA) is 61.1 Å². The van der Waals surface area contributed by atoms with Gasteiger partial charge in [-0.1, -0.05) is 6.07 Å². The minimum atomic E-state index is 0.0575. The van der Waals surface area contributed by atoms with Crippen LogP contribution in [-0.2, 0) is 4.79 Å². The number of furan rings is 1. The van der Waals surface area contributed by atoms with E-state index >= 15 is 0 Å². The van der Waals surface area contributed by atoms with E-state index in [4.69, 9.17) is 18.6 Å². The Morgan fingerprint density at radius 2 is 1.79 bits per heavy atom. The van der Waals surface area contributed by atoms with Crippen LogP contribution in [-0.4, -0.2) is 44.7 Å². The van der Waals surface area contributed by atoms with Gasteiger partial charge in [0.25, 0.3) is 0 Å². The van der Waals surface area contributed by atoms with Crippen LogP contribution in [0.25, 0.3) is 27.7 Å². The second-order valence-corrected chi connectivity index (χ2v) is 8.21. The first-order valence-corrected chi connectivity index (χ1v) is 11.4. The fourth-order valence-corrected chi connectivity index (χ4v) is 4.33. The van der Waals surface area contributed by atoms with Crippen molar-refractivity contribution in [2.75, 3.05) is 33.9 Å². The maximum Gasteiger partial charge on any atom is 0.246 e. The molecule has 1 aromatic heterocycles. The summed E-state index contributed by atoms with van der Waals surface area (Å²) in [5, 5.41) is 0.943. The number of nitrogens with zero attached hydrogens (tertiary/aromatic N) is 1. The van der Waals surface area contributed by atoms with Crippen molar-refractivity contribution in [1.29, 1.82) is 0 Å². The lowest BCUT2D eigenvalue weighted by atomic mass is 9.98. The van der Waals surface area contributed by atoms with Gasteiger partial charge in [0, 0.05) is 41.7 Å². The smallest absolute Gasteiger partial charge is 0.246 e. The Bertz CT molecular complexity index is 1170. The first-order chi connectivity index (χ1) is 16.0. The van der Waals surface area contributed by atoms with Crippen LogP contribution < -0.4 is 14.2 Å². The zero-order valence-electron chi connectivity index (χ0n) is 19.8. The van der Waals surface area contributed by atoms with Crippen LogP contribution in [0, 0.1) is 0 Å². The molecule has 0 bridgehead atoms.